The van der Waals surface area contributed by atoms with Gasteiger partial charge in [-0.3, -0.25) is 0 Å². The fourth-order valence-corrected chi connectivity index (χ4v) is 2.85. The van der Waals surface area contributed by atoms with Crippen molar-refractivity contribution < 1.29 is 5.11 Å². The molecule has 0 unspecified atom stereocenters. The number of hydrogen-bond acceptors (Lipinski definition) is 1. The van der Waals surface area contributed by atoms with Crippen molar-refractivity contribution >= 4 is 27.5 Å². The van der Waals surface area contributed by atoms with Gasteiger partial charge in [0.15, 0.2) is 0 Å². The molecule has 0 saturated heterocycles. The predicted molar refractivity (Wildman–Crippen MR) is 71.2 cm³/mol. The molecule has 1 aromatic rings. The third kappa shape index (κ3) is 2.80. The minimum atomic E-state index is 0.336. The van der Waals surface area contributed by atoms with E-state index in [2.05, 4.69) is 15.9 Å². The summed E-state index contributed by atoms with van der Waals surface area (Å²) in [6, 6.07) is 5.22. The molecule has 0 heterocycles. The van der Waals surface area contributed by atoms with Crippen molar-refractivity contribution in [3.63, 3.8) is 0 Å². The molecule has 1 N–H and O–H groups in total. The Hall–Kier alpha value is -0.470. The van der Waals surface area contributed by atoms with Crippen molar-refractivity contribution in [1.82, 2.24) is 0 Å². The quantitative estimate of drug-likeness (QED) is 0.831. The summed E-state index contributed by atoms with van der Waals surface area (Å²) in [5.74, 6) is 0.336. The third-order valence-corrected chi connectivity index (χ3v) is 4.15. The molecule has 16 heavy (non-hydrogen) atoms. The fourth-order valence-electron chi connectivity index (χ4n) is 2.04. The third-order valence-electron chi connectivity index (χ3n) is 2.95. The Balaban J connectivity index is 2.23. The molecule has 3 heteroatoms. The highest BCUT2D eigenvalue weighted by Crippen LogP contribution is 2.33. The summed E-state index contributed by atoms with van der Waals surface area (Å²) in [5, 5.41) is 10.4. The summed E-state index contributed by atoms with van der Waals surface area (Å²) >= 11 is 9.55. The summed E-state index contributed by atoms with van der Waals surface area (Å²) in [6.45, 7) is 0. The lowest BCUT2D eigenvalue weighted by Gasteiger charge is -2.17. The van der Waals surface area contributed by atoms with Gasteiger partial charge in [0.05, 0.1) is 0 Å². The van der Waals surface area contributed by atoms with Gasteiger partial charge in [-0.05, 0) is 60.3 Å². The molecule has 0 atom stereocenters. The van der Waals surface area contributed by atoms with E-state index in [0.717, 1.165) is 24.8 Å². The lowest BCUT2D eigenvalue weighted by molar-refractivity contribution is 0.468. The molecule has 86 valence electrons. The van der Waals surface area contributed by atoms with Crippen LogP contribution in [0, 0.1) is 0 Å². The number of benzene rings is 1. The van der Waals surface area contributed by atoms with Crippen LogP contribution in [-0.2, 0) is 6.42 Å². The summed E-state index contributed by atoms with van der Waals surface area (Å²) < 4.78 is 1.30. The van der Waals surface area contributed by atoms with Gasteiger partial charge in [0, 0.05) is 5.02 Å². The van der Waals surface area contributed by atoms with Gasteiger partial charge in [-0.1, -0.05) is 33.1 Å². The zero-order chi connectivity index (χ0) is 11.5. The Morgan fingerprint density at radius 2 is 2.00 bits per heavy atom. The van der Waals surface area contributed by atoms with Gasteiger partial charge in [0.1, 0.15) is 5.75 Å². The molecular formula is C13H14BrClO. The smallest absolute Gasteiger partial charge is 0.119 e. The summed E-state index contributed by atoms with van der Waals surface area (Å²) in [6.07, 6.45) is 5.54. The van der Waals surface area contributed by atoms with Crippen molar-refractivity contribution in [2.24, 2.45) is 0 Å². The van der Waals surface area contributed by atoms with E-state index in [0.29, 0.717) is 10.8 Å². The van der Waals surface area contributed by atoms with Gasteiger partial charge in [0.25, 0.3) is 0 Å². The van der Waals surface area contributed by atoms with Crippen LogP contribution in [0.1, 0.15) is 31.2 Å². The Morgan fingerprint density at radius 1 is 1.25 bits per heavy atom. The number of halogens is 2. The SMILES string of the molecule is Oc1ccc(Cl)cc1CC1=C(Br)CCCC1. The first kappa shape index (κ1) is 12.0. The fraction of sp³-hybridized carbons (Fsp3) is 0.385. The Morgan fingerprint density at radius 3 is 2.75 bits per heavy atom. The van der Waals surface area contributed by atoms with E-state index in [9.17, 15) is 5.11 Å². The molecule has 1 aromatic carbocycles. The molecule has 0 aliphatic heterocycles. The first-order valence-electron chi connectivity index (χ1n) is 5.50. The molecule has 0 saturated carbocycles. The number of allylic oxidation sites excluding steroid dienone is 2. The van der Waals surface area contributed by atoms with E-state index in [1.165, 1.54) is 22.9 Å². The van der Waals surface area contributed by atoms with E-state index in [1.807, 2.05) is 6.07 Å². The lowest BCUT2D eigenvalue weighted by atomic mass is 9.94. The van der Waals surface area contributed by atoms with Gasteiger partial charge in [0.2, 0.25) is 0 Å². The van der Waals surface area contributed by atoms with Crippen LogP contribution in [0.4, 0.5) is 0 Å². The lowest BCUT2D eigenvalue weighted by Crippen LogP contribution is -1.99. The Kier molecular flexibility index (Phi) is 3.93. The van der Waals surface area contributed by atoms with Crippen molar-refractivity contribution in [1.29, 1.82) is 0 Å². The van der Waals surface area contributed by atoms with Crippen LogP contribution in [0.3, 0.4) is 0 Å². The second-order valence-corrected chi connectivity index (χ2v) is 5.56. The van der Waals surface area contributed by atoms with Crippen molar-refractivity contribution in [3.8, 4) is 5.75 Å². The topological polar surface area (TPSA) is 20.2 Å². The van der Waals surface area contributed by atoms with Crippen LogP contribution < -0.4 is 0 Å². The van der Waals surface area contributed by atoms with Gasteiger partial charge < -0.3 is 5.11 Å². The van der Waals surface area contributed by atoms with Gasteiger partial charge in [-0.2, -0.15) is 0 Å². The maximum Gasteiger partial charge on any atom is 0.119 e. The summed E-state index contributed by atoms with van der Waals surface area (Å²) in [5.41, 5.74) is 2.31. The molecule has 1 aliphatic carbocycles. The van der Waals surface area contributed by atoms with Crippen LogP contribution in [0.5, 0.6) is 5.75 Å². The van der Waals surface area contributed by atoms with Crippen LogP contribution in [0.25, 0.3) is 0 Å². The largest absolute Gasteiger partial charge is 0.508 e. The molecule has 0 aromatic heterocycles. The minimum Gasteiger partial charge on any atom is -0.508 e. The molecule has 0 bridgehead atoms. The first-order chi connectivity index (χ1) is 7.66. The Bertz CT molecular complexity index is 426. The van der Waals surface area contributed by atoms with Crippen molar-refractivity contribution in [2.45, 2.75) is 32.1 Å². The van der Waals surface area contributed by atoms with Crippen molar-refractivity contribution in [3.05, 3.63) is 38.8 Å². The molecule has 0 spiro atoms. The summed E-state index contributed by atoms with van der Waals surface area (Å²) in [7, 11) is 0. The standard InChI is InChI=1S/C13H14BrClO/c14-12-4-2-1-3-9(12)7-10-8-11(15)5-6-13(10)16/h5-6,8,16H,1-4,7H2. The molecule has 2 rings (SSSR count). The van der Waals surface area contributed by atoms with Gasteiger partial charge >= 0.3 is 0 Å². The zero-order valence-electron chi connectivity index (χ0n) is 8.97. The van der Waals surface area contributed by atoms with E-state index < -0.39 is 0 Å². The first-order valence-corrected chi connectivity index (χ1v) is 6.67. The highest BCUT2D eigenvalue weighted by molar-refractivity contribution is 9.11. The predicted octanol–water partition coefficient (Wildman–Crippen LogP) is 4.81. The number of hydrogen-bond donors (Lipinski definition) is 1. The average Bonchev–Trinajstić information content (AvgIpc) is 2.27. The second-order valence-electron chi connectivity index (χ2n) is 4.17. The van der Waals surface area contributed by atoms with Gasteiger partial charge in [-0.25, -0.2) is 0 Å². The van der Waals surface area contributed by atoms with E-state index in [1.54, 1.807) is 12.1 Å². The maximum absolute atomic E-state index is 9.76. The van der Waals surface area contributed by atoms with Gasteiger partial charge in [-0.15, -0.1) is 0 Å². The summed E-state index contributed by atoms with van der Waals surface area (Å²) in [4.78, 5) is 0. The number of rotatable bonds is 2. The molecule has 0 radical (unpaired) electrons. The molecule has 1 aliphatic rings. The van der Waals surface area contributed by atoms with Crippen molar-refractivity contribution in [2.75, 3.05) is 0 Å². The van der Waals surface area contributed by atoms with E-state index in [-0.39, 0.29) is 0 Å². The number of phenols is 1. The molecule has 0 amide bonds. The zero-order valence-corrected chi connectivity index (χ0v) is 11.3. The van der Waals surface area contributed by atoms with Crippen LogP contribution in [-0.4, -0.2) is 5.11 Å². The van der Waals surface area contributed by atoms with E-state index >= 15 is 0 Å². The monoisotopic (exact) mass is 300 g/mol. The highest BCUT2D eigenvalue weighted by atomic mass is 79.9. The highest BCUT2D eigenvalue weighted by Gasteiger charge is 2.13. The Labute approximate surface area is 109 Å². The molecule has 0 fully saturated rings. The van der Waals surface area contributed by atoms with Crippen LogP contribution in [0.15, 0.2) is 28.3 Å². The number of phenolic OH excluding ortho intramolecular Hbond substituents is 1. The second kappa shape index (κ2) is 5.24. The minimum absolute atomic E-state index is 0.336. The maximum atomic E-state index is 9.76. The number of aromatic hydroxyl groups is 1. The van der Waals surface area contributed by atoms with Crippen LogP contribution >= 0.6 is 27.5 Å². The van der Waals surface area contributed by atoms with E-state index in [4.69, 9.17) is 11.6 Å². The molecular weight excluding hydrogens is 287 g/mol. The average molecular weight is 302 g/mol. The normalized spacial score (nSPS) is 16.6. The molecule has 1 nitrogen and oxygen atoms in total. The van der Waals surface area contributed by atoms with Crippen LogP contribution in [0.2, 0.25) is 5.02 Å².